The molecule has 100 valence electrons. The van der Waals surface area contributed by atoms with Crippen molar-refractivity contribution in [3.8, 4) is 0 Å². The monoisotopic (exact) mass is 270 g/mol. The van der Waals surface area contributed by atoms with Crippen LogP contribution in [0.5, 0.6) is 0 Å². The van der Waals surface area contributed by atoms with Gasteiger partial charge >= 0.3 is 0 Å². The Hall–Kier alpha value is -1.40. The van der Waals surface area contributed by atoms with Gasteiger partial charge in [0.05, 0.1) is 11.0 Å². The summed E-state index contributed by atoms with van der Waals surface area (Å²) >= 11 is 1.33. The molecule has 0 aliphatic rings. The highest BCUT2D eigenvalue weighted by Crippen LogP contribution is 2.08. The molecule has 0 aliphatic heterocycles. The maximum Gasteiger partial charge on any atom is 0.261 e. The Balaban J connectivity index is 2.52. The van der Waals surface area contributed by atoms with E-state index in [9.17, 15) is 14.7 Å². The summed E-state index contributed by atoms with van der Waals surface area (Å²) in [4.78, 5) is 25.6. The summed E-state index contributed by atoms with van der Waals surface area (Å²) in [7, 11) is 1.60. The van der Waals surface area contributed by atoms with Gasteiger partial charge in [-0.05, 0) is 25.3 Å². The molecule has 18 heavy (non-hydrogen) atoms. The Morgan fingerprint density at radius 2 is 2.17 bits per heavy atom. The van der Waals surface area contributed by atoms with E-state index in [-0.39, 0.29) is 18.4 Å². The van der Waals surface area contributed by atoms with Crippen LogP contribution in [0.1, 0.15) is 23.5 Å². The smallest absolute Gasteiger partial charge is 0.261 e. The summed E-state index contributed by atoms with van der Waals surface area (Å²) in [6.07, 6.45) is -0.584. The molecule has 6 heteroatoms. The van der Waals surface area contributed by atoms with Crippen LogP contribution in [0.4, 0.5) is 0 Å². The first-order valence-electron chi connectivity index (χ1n) is 5.69. The average Bonchev–Trinajstić information content (AvgIpc) is 2.80. The number of hydrogen-bond donors (Lipinski definition) is 2. The van der Waals surface area contributed by atoms with Gasteiger partial charge in [0, 0.05) is 13.6 Å². The van der Waals surface area contributed by atoms with Crippen LogP contribution in [0.25, 0.3) is 0 Å². The second-order valence-electron chi connectivity index (χ2n) is 4.24. The third-order valence-electron chi connectivity index (χ3n) is 2.38. The highest BCUT2D eigenvalue weighted by Gasteiger charge is 2.21. The minimum absolute atomic E-state index is 0.221. The van der Waals surface area contributed by atoms with Gasteiger partial charge in [-0.3, -0.25) is 9.59 Å². The van der Waals surface area contributed by atoms with Crippen molar-refractivity contribution in [3.63, 3.8) is 0 Å². The molecule has 1 rings (SSSR count). The van der Waals surface area contributed by atoms with Gasteiger partial charge in [0.15, 0.2) is 0 Å². The molecule has 0 fully saturated rings. The van der Waals surface area contributed by atoms with Crippen molar-refractivity contribution in [2.45, 2.75) is 26.0 Å². The van der Waals surface area contributed by atoms with Crippen molar-refractivity contribution in [2.75, 3.05) is 13.6 Å². The molecule has 1 aromatic heterocycles. The molecule has 1 heterocycles. The van der Waals surface area contributed by atoms with E-state index in [4.69, 9.17) is 0 Å². The lowest BCUT2D eigenvalue weighted by Gasteiger charge is -2.23. The van der Waals surface area contributed by atoms with E-state index >= 15 is 0 Å². The van der Waals surface area contributed by atoms with Crippen LogP contribution in [0.3, 0.4) is 0 Å². The van der Waals surface area contributed by atoms with Gasteiger partial charge in [-0.2, -0.15) is 0 Å². The molecular formula is C12H18N2O3S. The molecule has 0 saturated carbocycles. The number of rotatable bonds is 5. The molecule has 1 aromatic rings. The summed E-state index contributed by atoms with van der Waals surface area (Å²) < 4.78 is 0. The second kappa shape index (κ2) is 6.51. The van der Waals surface area contributed by atoms with Crippen molar-refractivity contribution in [3.05, 3.63) is 22.4 Å². The first kappa shape index (κ1) is 14.7. The van der Waals surface area contributed by atoms with Crippen molar-refractivity contribution in [1.29, 1.82) is 0 Å². The number of nitrogens with one attached hydrogen (secondary N) is 1. The van der Waals surface area contributed by atoms with Crippen molar-refractivity contribution >= 4 is 23.2 Å². The fraction of sp³-hybridized carbons (Fsp3) is 0.500. The minimum Gasteiger partial charge on any atom is -0.392 e. The third-order valence-corrected chi connectivity index (χ3v) is 3.25. The van der Waals surface area contributed by atoms with Crippen LogP contribution in [0.2, 0.25) is 0 Å². The molecule has 0 bridgehead atoms. The van der Waals surface area contributed by atoms with Gasteiger partial charge in [0.1, 0.15) is 6.04 Å². The van der Waals surface area contributed by atoms with Crippen molar-refractivity contribution < 1.29 is 14.7 Å². The molecule has 0 aliphatic carbocycles. The highest BCUT2D eigenvalue weighted by molar-refractivity contribution is 7.12. The molecule has 0 radical (unpaired) electrons. The molecule has 5 nitrogen and oxygen atoms in total. The van der Waals surface area contributed by atoms with Gasteiger partial charge in [-0.1, -0.05) is 6.07 Å². The van der Waals surface area contributed by atoms with Gasteiger partial charge in [-0.25, -0.2) is 0 Å². The zero-order valence-electron chi connectivity index (χ0n) is 10.7. The predicted octanol–water partition coefficient (Wildman–Crippen LogP) is 0.706. The predicted molar refractivity (Wildman–Crippen MR) is 70.6 cm³/mol. The van der Waals surface area contributed by atoms with Crippen LogP contribution in [0, 0.1) is 0 Å². The van der Waals surface area contributed by atoms with E-state index in [0.717, 1.165) is 0 Å². The number of aliphatic hydroxyl groups is 1. The van der Waals surface area contributed by atoms with Gasteiger partial charge in [0.25, 0.3) is 5.91 Å². The number of thiophene rings is 1. The molecular weight excluding hydrogens is 252 g/mol. The number of nitrogens with zero attached hydrogens (tertiary/aromatic N) is 1. The maximum absolute atomic E-state index is 11.9. The number of hydrogen-bond acceptors (Lipinski definition) is 4. The number of likely N-dealkylation sites (N-methyl/N-ethyl adjacent to an activating group) is 1. The van der Waals surface area contributed by atoms with Crippen LogP contribution in [-0.4, -0.2) is 47.6 Å². The lowest BCUT2D eigenvalue weighted by Crippen LogP contribution is -2.47. The number of carbonyl (C=O) groups excluding carboxylic acids is 2. The van der Waals surface area contributed by atoms with Gasteiger partial charge in [-0.15, -0.1) is 11.3 Å². The van der Waals surface area contributed by atoms with E-state index in [1.165, 1.54) is 16.2 Å². The number of aliphatic hydroxyl groups excluding tert-OH is 1. The van der Waals surface area contributed by atoms with E-state index in [1.54, 1.807) is 38.4 Å². The summed E-state index contributed by atoms with van der Waals surface area (Å²) in [5, 5.41) is 13.6. The maximum atomic E-state index is 11.9. The Morgan fingerprint density at radius 3 is 2.67 bits per heavy atom. The molecule has 2 atom stereocenters. The Labute approximate surface area is 110 Å². The lowest BCUT2D eigenvalue weighted by atomic mass is 10.2. The normalized spacial score (nSPS) is 13.8. The van der Waals surface area contributed by atoms with Gasteiger partial charge < -0.3 is 15.3 Å². The Bertz CT molecular complexity index is 403. The Kier molecular flexibility index (Phi) is 5.30. The van der Waals surface area contributed by atoms with E-state index < -0.39 is 12.1 Å². The van der Waals surface area contributed by atoms with Crippen LogP contribution >= 0.6 is 11.3 Å². The lowest BCUT2D eigenvalue weighted by molar-refractivity contribution is -0.132. The average molecular weight is 270 g/mol. The van der Waals surface area contributed by atoms with Gasteiger partial charge in [0.2, 0.25) is 5.91 Å². The first-order valence-corrected chi connectivity index (χ1v) is 6.57. The number of amides is 2. The molecule has 2 amide bonds. The zero-order valence-corrected chi connectivity index (χ0v) is 11.5. The standard InChI is InChI=1S/C12H18N2O3S/c1-8(15)7-14(3)12(17)9(2)13-11(16)10-5-4-6-18-10/h4-6,8-9,15H,7H2,1-3H3,(H,13,16). The van der Waals surface area contributed by atoms with E-state index in [2.05, 4.69) is 5.32 Å². The summed E-state index contributed by atoms with van der Waals surface area (Å²) in [5.74, 6) is -0.475. The Morgan fingerprint density at radius 1 is 1.50 bits per heavy atom. The van der Waals surface area contributed by atoms with Crippen molar-refractivity contribution in [2.24, 2.45) is 0 Å². The molecule has 0 spiro atoms. The SMILES string of the molecule is CC(O)CN(C)C(=O)C(C)NC(=O)c1cccs1. The van der Waals surface area contributed by atoms with E-state index in [1.807, 2.05) is 0 Å². The minimum atomic E-state index is -0.608. The second-order valence-corrected chi connectivity index (χ2v) is 5.19. The first-order chi connectivity index (χ1) is 8.41. The van der Waals surface area contributed by atoms with E-state index in [0.29, 0.717) is 4.88 Å². The fourth-order valence-corrected chi connectivity index (χ4v) is 2.18. The summed E-state index contributed by atoms with van der Waals surface area (Å²) in [6, 6.07) is 2.88. The molecule has 0 aromatic carbocycles. The van der Waals surface area contributed by atoms with Crippen LogP contribution < -0.4 is 5.32 Å². The number of carbonyl (C=O) groups is 2. The molecule has 0 saturated heterocycles. The fourth-order valence-electron chi connectivity index (χ4n) is 1.55. The highest BCUT2D eigenvalue weighted by atomic mass is 32.1. The molecule has 2 N–H and O–H groups in total. The largest absolute Gasteiger partial charge is 0.392 e. The zero-order chi connectivity index (χ0) is 13.7. The topological polar surface area (TPSA) is 69.6 Å². The summed E-state index contributed by atoms with van der Waals surface area (Å²) in [6.45, 7) is 3.49. The third kappa shape index (κ3) is 4.12. The quantitative estimate of drug-likeness (QED) is 0.827. The van der Waals surface area contributed by atoms with Crippen LogP contribution in [0.15, 0.2) is 17.5 Å². The molecule has 2 unspecified atom stereocenters. The van der Waals surface area contributed by atoms with Crippen molar-refractivity contribution in [1.82, 2.24) is 10.2 Å². The summed E-state index contributed by atoms with van der Waals surface area (Å²) in [5.41, 5.74) is 0. The van der Waals surface area contributed by atoms with Crippen LogP contribution in [-0.2, 0) is 4.79 Å².